The van der Waals surface area contributed by atoms with E-state index in [4.69, 9.17) is 4.74 Å². The van der Waals surface area contributed by atoms with Gasteiger partial charge in [0.05, 0.1) is 0 Å². The zero-order valence-electron chi connectivity index (χ0n) is 15.0. The maximum Gasteiger partial charge on any atom is 0.325 e. The van der Waals surface area contributed by atoms with Crippen LogP contribution in [-0.2, 0) is 19.1 Å². The van der Waals surface area contributed by atoms with E-state index in [1.807, 2.05) is 0 Å². The van der Waals surface area contributed by atoms with Gasteiger partial charge < -0.3 is 20.7 Å². The number of nitrogens with one attached hydrogen (secondary N) is 3. The summed E-state index contributed by atoms with van der Waals surface area (Å²) < 4.78 is 17.8. The van der Waals surface area contributed by atoms with Gasteiger partial charge in [0.15, 0.2) is 6.61 Å². The molecule has 146 valence electrons. The summed E-state index contributed by atoms with van der Waals surface area (Å²) in [5.41, 5.74) is 1.09. The lowest BCUT2D eigenvalue weighted by atomic mass is 10.2. The van der Waals surface area contributed by atoms with Crippen LogP contribution in [0.3, 0.4) is 0 Å². The summed E-state index contributed by atoms with van der Waals surface area (Å²) in [5, 5.41) is 7.38. The molecule has 0 bridgehead atoms. The number of halogens is 1. The summed E-state index contributed by atoms with van der Waals surface area (Å²) in [4.78, 5) is 46.1. The van der Waals surface area contributed by atoms with E-state index < -0.39 is 36.8 Å². The normalized spacial score (nSPS) is 9.93. The second kappa shape index (κ2) is 9.81. The molecule has 0 aliphatic rings. The highest BCUT2D eigenvalue weighted by atomic mass is 19.1. The quantitative estimate of drug-likeness (QED) is 0.626. The van der Waals surface area contributed by atoms with E-state index in [0.717, 1.165) is 6.07 Å². The molecule has 0 fully saturated rings. The molecule has 0 heterocycles. The summed E-state index contributed by atoms with van der Waals surface area (Å²) in [6.07, 6.45) is 0. The van der Waals surface area contributed by atoms with Gasteiger partial charge in [-0.3, -0.25) is 19.2 Å². The standard InChI is InChI=1S/C19H18FN3O5/c1-12(24)22-15-5-7-16(8-6-15)23-17(25)11-28-18(26)10-21-19(27)13-3-2-4-14(20)9-13/h2-9H,10-11H2,1H3,(H,21,27)(H,22,24)(H,23,25). The van der Waals surface area contributed by atoms with E-state index in [1.54, 1.807) is 24.3 Å². The van der Waals surface area contributed by atoms with E-state index in [9.17, 15) is 23.6 Å². The topological polar surface area (TPSA) is 114 Å². The van der Waals surface area contributed by atoms with Crippen molar-refractivity contribution in [1.82, 2.24) is 5.32 Å². The first-order chi connectivity index (χ1) is 13.3. The Labute approximate surface area is 160 Å². The number of benzene rings is 2. The van der Waals surface area contributed by atoms with Crippen LogP contribution < -0.4 is 16.0 Å². The molecule has 8 nitrogen and oxygen atoms in total. The van der Waals surface area contributed by atoms with Gasteiger partial charge in [0, 0.05) is 23.9 Å². The first kappa shape index (κ1) is 20.6. The maximum atomic E-state index is 13.1. The number of anilines is 2. The molecule has 0 spiro atoms. The first-order valence-corrected chi connectivity index (χ1v) is 8.20. The molecule has 28 heavy (non-hydrogen) atoms. The fourth-order valence-corrected chi connectivity index (χ4v) is 2.12. The SMILES string of the molecule is CC(=O)Nc1ccc(NC(=O)COC(=O)CNC(=O)c2cccc(F)c2)cc1. The molecule has 0 aliphatic heterocycles. The fourth-order valence-electron chi connectivity index (χ4n) is 2.12. The molecule has 0 aliphatic carbocycles. The van der Waals surface area contributed by atoms with E-state index >= 15 is 0 Å². The Bertz CT molecular complexity index is 883. The van der Waals surface area contributed by atoms with Crippen molar-refractivity contribution in [2.75, 3.05) is 23.8 Å². The summed E-state index contributed by atoms with van der Waals surface area (Å²) in [7, 11) is 0. The highest BCUT2D eigenvalue weighted by Crippen LogP contribution is 2.13. The van der Waals surface area contributed by atoms with Crippen LogP contribution in [0.5, 0.6) is 0 Å². The van der Waals surface area contributed by atoms with Gasteiger partial charge in [-0.25, -0.2) is 4.39 Å². The van der Waals surface area contributed by atoms with E-state index in [1.165, 1.54) is 25.1 Å². The molecule has 3 amide bonds. The molecule has 2 rings (SSSR count). The molecule has 0 atom stereocenters. The lowest BCUT2D eigenvalue weighted by Crippen LogP contribution is -2.32. The van der Waals surface area contributed by atoms with Crippen LogP contribution in [-0.4, -0.2) is 36.8 Å². The van der Waals surface area contributed by atoms with Crippen LogP contribution in [0.4, 0.5) is 15.8 Å². The third kappa shape index (κ3) is 6.87. The highest BCUT2D eigenvalue weighted by Gasteiger charge is 2.11. The number of amides is 3. The fraction of sp³-hybridized carbons (Fsp3) is 0.158. The first-order valence-electron chi connectivity index (χ1n) is 8.20. The molecule has 2 aromatic rings. The monoisotopic (exact) mass is 387 g/mol. The minimum Gasteiger partial charge on any atom is -0.454 e. The van der Waals surface area contributed by atoms with Crippen LogP contribution in [0.25, 0.3) is 0 Å². The Morgan fingerprint density at radius 3 is 2.21 bits per heavy atom. The predicted octanol–water partition coefficient (Wildman–Crippen LogP) is 1.70. The van der Waals surface area contributed by atoms with Crippen LogP contribution in [0.15, 0.2) is 48.5 Å². The van der Waals surface area contributed by atoms with Gasteiger partial charge in [-0.1, -0.05) is 6.07 Å². The van der Waals surface area contributed by atoms with Gasteiger partial charge in [0.2, 0.25) is 5.91 Å². The Balaban J connectivity index is 1.72. The summed E-state index contributed by atoms with van der Waals surface area (Å²) in [5.74, 6) is -2.82. The van der Waals surface area contributed by atoms with Crippen LogP contribution in [0.1, 0.15) is 17.3 Å². The second-order valence-corrected chi connectivity index (χ2v) is 5.66. The summed E-state index contributed by atoms with van der Waals surface area (Å²) in [6, 6.07) is 11.3. The van der Waals surface area contributed by atoms with Gasteiger partial charge in [-0.05, 0) is 42.5 Å². The van der Waals surface area contributed by atoms with Crippen molar-refractivity contribution in [2.24, 2.45) is 0 Å². The van der Waals surface area contributed by atoms with Crippen molar-refractivity contribution in [3.8, 4) is 0 Å². The number of carbonyl (C=O) groups is 4. The largest absolute Gasteiger partial charge is 0.454 e. The second-order valence-electron chi connectivity index (χ2n) is 5.66. The Hall–Kier alpha value is -3.75. The molecule has 3 N–H and O–H groups in total. The lowest BCUT2D eigenvalue weighted by Gasteiger charge is -2.08. The Morgan fingerprint density at radius 1 is 0.964 bits per heavy atom. The molecule has 2 aromatic carbocycles. The van der Waals surface area contributed by atoms with Gasteiger partial charge in [0.25, 0.3) is 11.8 Å². The van der Waals surface area contributed by atoms with Crippen molar-refractivity contribution in [3.63, 3.8) is 0 Å². The molecule has 9 heteroatoms. The summed E-state index contributed by atoms with van der Waals surface area (Å²) in [6.45, 7) is 0.376. The van der Waals surface area contributed by atoms with Gasteiger partial charge >= 0.3 is 5.97 Å². The van der Waals surface area contributed by atoms with Crippen LogP contribution in [0, 0.1) is 5.82 Å². The van der Waals surface area contributed by atoms with Crippen molar-refractivity contribution in [1.29, 1.82) is 0 Å². The van der Waals surface area contributed by atoms with Crippen molar-refractivity contribution >= 4 is 35.1 Å². The number of rotatable bonds is 7. The molecular formula is C19H18FN3O5. The van der Waals surface area contributed by atoms with Gasteiger partial charge in [-0.15, -0.1) is 0 Å². The van der Waals surface area contributed by atoms with Gasteiger partial charge in [0.1, 0.15) is 12.4 Å². The van der Waals surface area contributed by atoms with Crippen LogP contribution >= 0.6 is 0 Å². The molecular weight excluding hydrogens is 369 g/mol. The minimum atomic E-state index is -0.819. The lowest BCUT2D eigenvalue weighted by molar-refractivity contribution is -0.146. The van der Waals surface area contributed by atoms with Crippen LogP contribution in [0.2, 0.25) is 0 Å². The smallest absolute Gasteiger partial charge is 0.325 e. The van der Waals surface area contributed by atoms with E-state index in [-0.39, 0.29) is 11.5 Å². The molecule has 0 saturated carbocycles. The number of carbonyl (C=O) groups excluding carboxylic acids is 4. The average molecular weight is 387 g/mol. The van der Waals surface area contributed by atoms with Crippen molar-refractivity contribution in [2.45, 2.75) is 6.92 Å². The Morgan fingerprint density at radius 2 is 1.61 bits per heavy atom. The predicted molar refractivity (Wildman–Crippen MR) is 99.1 cm³/mol. The number of hydrogen-bond acceptors (Lipinski definition) is 5. The van der Waals surface area contributed by atoms with Crippen molar-refractivity contribution in [3.05, 3.63) is 59.9 Å². The molecule has 0 radical (unpaired) electrons. The molecule has 0 unspecified atom stereocenters. The zero-order valence-corrected chi connectivity index (χ0v) is 15.0. The average Bonchev–Trinajstić information content (AvgIpc) is 2.65. The van der Waals surface area contributed by atoms with E-state index in [0.29, 0.717) is 11.4 Å². The third-order valence-electron chi connectivity index (χ3n) is 3.33. The van der Waals surface area contributed by atoms with Gasteiger partial charge in [-0.2, -0.15) is 0 Å². The van der Waals surface area contributed by atoms with Crippen molar-refractivity contribution < 1.29 is 28.3 Å². The van der Waals surface area contributed by atoms with E-state index in [2.05, 4.69) is 16.0 Å². The number of hydrogen-bond donors (Lipinski definition) is 3. The Kier molecular flexibility index (Phi) is 7.21. The highest BCUT2D eigenvalue weighted by molar-refractivity contribution is 5.96. The summed E-state index contributed by atoms with van der Waals surface area (Å²) >= 11 is 0. The number of esters is 1. The zero-order chi connectivity index (χ0) is 20.5. The number of ether oxygens (including phenoxy) is 1. The molecule has 0 saturated heterocycles. The minimum absolute atomic E-state index is 0.0632. The molecule has 0 aromatic heterocycles. The maximum absolute atomic E-state index is 13.1. The third-order valence-corrected chi connectivity index (χ3v) is 3.33.